The van der Waals surface area contributed by atoms with Gasteiger partial charge in [0, 0.05) is 6.07 Å². The SMILES string of the molecule is CC(Cc1cccc(F)c1)C(=O)Oc1ccccc1[N+](=O)[O-]. The lowest BCUT2D eigenvalue weighted by atomic mass is 10.0. The van der Waals surface area contributed by atoms with E-state index in [-0.39, 0.29) is 23.7 Å². The lowest BCUT2D eigenvalue weighted by Gasteiger charge is -2.11. The van der Waals surface area contributed by atoms with Gasteiger partial charge in [0.15, 0.2) is 0 Å². The molecule has 0 fully saturated rings. The molecule has 0 aromatic heterocycles. The third kappa shape index (κ3) is 3.88. The predicted octanol–water partition coefficient (Wildman–Crippen LogP) is 3.52. The van der Waals surface area contributed by atoms with Crippen LogP contribution in [0.15, 0.2) is 48.5 Å². The molecule has 0 radical (unpaired) electrons. The lowest BCUT2D eigenvalue weighted by molar-refractivity contribution is -0.385. The van der Waals surface area contributed by atoms with E-state index in [9.17, 15) is 19.3 Å². The van der Waals surface area contributed by atoms with Gasteiger partial charge in [0.05, 0.1) is 10.8 Å². The zero-order valence-corrected chi connectivity index (χ0v) is 11.9. The second-order valence-corrected chi connectivity index (χ2v) is 4.88. The fourth-order valence-corrected chi connectivity index (χ4v) is 2.00. The van der Waals surface area contributed by atoms with Gasteiger partial charge in [0.2, 0.25) is 5.75 Å². The molecule has 0 N–H and O–H groups in total. The summed E-state index contributed by atoms with van der Waals surface area (Å²) in [6, 6.07) is 11.6. The Morgan fingerprint density at radius 1 is 1.27 bits per heavy atom. The highest BCUT2D eigenvalue weighted by molar-refractivity contribution is 5.76. The molecule has 0 amide bonds. The van der Waals surface area contributed by atoms with Crippen LogP contribution in [0.3, 0.4) is 0 Å². The molecule has 0 spiro atoms. The third-order valence-electron chi connectivity index (χ3n) is 3.11. The van der Waals surface area contributed by atoms with Crippen LogP contribution in [0.4, 0.5) is 10.1 Å². The number of para-hydroxylation sites is 2. The van der Waals surface area contributed by atoms with Gasteiger partial charge in [-0.1, -0.05) is 31.2 Å². The molecule has 22 heavy (non-hydrogen) atoms. The van der Waals surface area contributed by atoms with Crippen molar-refractivity contribution in [3.05, 3.63) is 70.0 Å². The largest absolute Gasteiger partial charge is 0.419 e. The van der Waals surface area contributed by atoms with Crippen molar-refractivity contribution in [3.8, 4) is 5.75 Å². The molecule has 1 atom stereocenters. The summed E-state index contributed by atoms with van der Waals surface area (Å²) in [7, 11) is 0. The molecule has 0 heterocycles. The van der Waals surface area contributed by atoms with E-state index in [0.29, 0.717) is 5.56 Å². The average molecular weight is 303 g/mol. The van der Waals surface area contributed by atoms with Crippen LogP contribution in [-0.4, -0.2) is 10.9 Å². The van der Waals surface area contributed by atoms with Crippen LogP contribution in [0.25, 0.3) is 0 Å². The Balaban J connectivity index is 2.07. The van der Waals surface area contributed by atoms with Gasteiger partial charge < -0.3 is 4.74 Å². The van der Waals surface area contributed by atoms with Crippen LogP contribution in [0, 0.1) is 21.8 Å². The van der Waals surface area contributed by atoms with Gasteiger partial charge in [-0.15, -0.1) is 0 Å². The van der Waals surface area contributed by atoms with E-state index < -0.39 is 16.8 Å². The highest BCUT2D eigenvalue weighted by atomic mass is 19.1. The number of nitrogens with zero attached hydrogens (tertiary/aromatic N) is 1. The zero-order valence-electron chi connectivity index (χ0n) is 11.9. The Hall–Kier alpha value is -2.76. The number of hydrogen-bond acceptors (Lipinski definition) is 4. The van der Waals surface area contributed by atoms with E-state index >= 15 is 0 Å². The molecule has 2 aromatic rings. The maximum atomic E-state index is 13.1. The number of benzene rings is 2. The Morgan fingerprint density at radius 2 is 2.00 bits per heavy atom. The topological polar surface area (TPSA) is 69.4 Å². The van der Waals surface area contributed by atoms with E-state index in [2.05, 4.69) is 0 Å². The number of hydrogen-bond donors (Lipinski definition) is 0. The first-order valence-electron chi connectivity index (χ1n) is 6.67. The number of halogens is 1. The van der Waals surface area contributed by atoms with Crippen LogP contribution >= 0.6 is 0 Å². The summed E-state index contributed by atoms with van der Waals surface area (Å²) in [5.41, 5.74) is 0.390. The van der Waals surface area contributed by atoms with Crippen LogP contribution in [0.5, 0.6) is 5.75 Å². The molecular weight excluding hydrogens is 289 g/mol. The Bertz CT molecular complexity index is 702. The first kappa shape index (κ1) is 15.6. The fourth-order valence-electron chi connectivity index (χ4n) is 2.00. The summed E-state index contributed by atoms with van der Waals surface area (Å²) in [5, 5.41) is 10.9. The van der Waals surface area contributed by atoms with E-state index in [1.54, 1.807) is 25.1 Å². The van der Waals surface area contributed by atoms with Crippen LogP contribution < -0.4 is 4.74 Å². The summed E-state index contributed by atoms with van der Waals surface area (Å²) in [6.45, 7) is 1.63. The molecule has 0 bridgehead atoms. The number of ether oxygens (including phenoxy) is 1. The molecule has 1 unspecified atom stereocenters. The third-order valence-corrected chi connectivity index (χ3v) is 3.11. The van der Waals surface area contributed by atoms with Gasteiger partial charge in [-0.2, -0.15) is 0 Å². The summed E-state index contributed by atoms with van der Waals surface area (Å²) < 4.78 is 18.2. The molecule has 0 aliphatic rings. The van der Waals surface area contributed by atoms with Crippen molar-refractivity contribution in [1.29, 1.82) is 0 Å². The highest BCUT2D eigenvalue weighted by Gasteiger charge is 2.21. The minimum atomic E-state index is -0.611. The number of esters is 1. The number of rotatable bonds is 5. The molecule has 2 rings (SSSR count). The van der Waals surface area contributed by atoms with Gasteiger partial charge in [0.1, 0.15) is 5.82 Å². The van der Waals surface area contributed by atoms with Crippen molar-refractivity contribution in [1.82, 2.24) is 0 Å². The summed E-state index contributed by atoms with van der Waals surface area (Å²) in [5.74, 6) is -1.62. The molecule has 0 saturated heterocycles. The van der Waals surface area contributed by atoms with Crippen LogP contribution in [0.1, 0.15) is 12.5 Å². The van der Waals surface area contributed by atoms with E-state index in [1.165, 1.54) is 30.3 Å². The van der Waals surface area contributed by atoms with Crippen molar-refractivity contribution >= 4 is 11.7 Å². The standard InChI is InChI=1S/C16H14FNO4/c1-11(9-12-5-4-6-13(17)10-12)16(19)22-15-8-3-2-7-14(15)18(20)21/h2-8,10-11H,9H2,1H3. The minimum Gasteiger partial charge on any atom is -0.419 e. The monoisotopic (exact) mass is 303 g/mol. The Kier molecular flexibility index (Phi) is 4.83. The van der Waals surface area contributed by atoms with Crippen molar-refractivity contribution in [3.63, 3.8) is 0 Å². The fraction of sp³-hybridized carbons (Fsp3) is 0.188. The molecule has 0 saturated carbocycles. The molecule has 0 aliphatic carbocycles. The minimum absolute atomic E-state index is 0.0939. The first-order valence-corrected chi connectivity index (χ1v) is 6.67. The average Bonchev–Trinajstić information content (AvgIpc) is 2.47. The number of nitro benzene ring substituents is 1. The summed E-state index contributed by atoms with van der Waals surface area (Å²) in [6.07, 6.45) is 0.289. The molecule has 6 heteroatoms. The summed E-state index contributed by atoms with van der Waals surface area (Å²) in [4.78, 5) is 22.3. The van der Waals surface area contributed by atoms with E-state index in [0.717, 1.165) is 0 Å². The number of carbonyl (C=O) groups excluding carboxylic acids is 1. The number of nitro groups is 1. The van der Waals surface area contributed by atoms with Crippen molar-refractivity contribution in [2.24, 2.45) is 5.92 Å². The van der Waals surface area contributed by atoms with Crippen molar-refractivity contribution in [2.75, 3.05) is 0 Å². The van der Waals surface area contributed by atoms with E-state index in [4.69, 9.17) is 4.74 Å². The highest BCUT2D eigenvalue weighted by Crippen LogP contribution is 2.27. The Morgan fingerprint density at radius 3 is 2.68 bits per heavy atom. The van der Waals surface area contributed by atoms with Gasteiger partial charge in [0.25, 0.3) is 0 Å². The normalized spacial score (nSPS) is 11.7. The molecule has 2 aromatic carbocycles. The van der Waals surface area contributed by atoms with Gasteiger partial charge in [-0.05, 0) is 30.2 Å². The zero-order chi connectivity index (χ0) is 16.1. The maximum absolute atomic E-state index is 13.1. The van der Waals surface area contributed by atoms with Gasteiger partial charge in [-0.3, -0.25) is 14.9 Å². The Labute approximate surface area is 126 Å². The number of carbonyl (C=O) groups is 1. The molecule has 5 nitrogen and oxygen atoms in total. The maximum Gasteiger partial charge on any atom is 0.314 e. The predicted molar refractivity (Wildman–Crippen MR) is 78.0 cm³/mol. The van der Waals surface area contributed by atoms with E-state index in [1.807, 2.05) is 0 Å². The van der Waals surface area contributed by atoms with Crippen LogP contribution in [0.2, 0.25) is 0 Å². The second-order valence-electron chi connectivity index (χ2n) is 4.88. The molecule has 0 aliphatic heterocycles. The van der Waals surface area contributed by atoms with Crippen molar-refractivity contribution in [2.45, 2.75) is 13.3 Å². The van der Waals surface area contributed by atoms with Gasteiger partial charge >= 0.3 is 11.7 Å². The van der Waals surface area contributed by atoms with Crippen molar-refractivity contribution < 1.29 is 18.8 Å². The lowest BCUT2D eigenvalue weighted by Crippen LogP contribution is -2.20. The van der Waals surface area contributed by atoms with Crippen LogP contribution in [-0.2, 0) is 11.2 Å². The second kappa shape index (κ2) is 6.80. The molecule has 114 valence electrons. The quantitative estimate of drug-likeness (QED) is 0.367. The molecular formula is C16H14FNO4. The van der Waals surface area contributed by atoms with Gasteiger partial charge in [-0.25, -0.2) is 4.39 Å². The summed E-state index contributed by atoms with van der Waals surface area (Å²) >= 11 is 0. The first-order chi connectivity index (χ1) is 10.5. The smallest absolute Gasteiger partial charge is 0.314 e.